The Morgan fingerprint density at radius 3 is 2.39 bits per heavy atom. The van der Waals surface area contributed by atoms with Crippen molar-refractivity contribution in [2.24, 2.45) is 0 Å². The van der Waals surface area contributed by atoms with Crippen LogP contribution in [-0.2, 0) is 13.9 Å². The Bertz CT molecular complexity index is 682. The fourth-order valence-electron chi connectivity index (χ4n) is 3.00. The minimum atomic E-state index is -1.96. The van der Waals surface area contributed by atoms with Gasteiger partial charge in [-0.15, -0.1) is 0 Å². The predicted octanol–water partition coefficient (Wildman–Crippen LogP) is 5.81. The normalized spacial score (nSPS) is 22.0. The van der Waals surface area contributed by atoms with E-state index in [9.17, 15) is 5.11 Å². The highest BCUT2D eigenvalue weighted by Crippen LogP contribution is 2.37. The molecule has 1 unspecified atom stereocenters. The molecule has 1 fully saturated rings. The summed E-state index contributed by atoms with van der Waals surface area (Å²) in [6.07, 6.45) is 10.5. The summed E-state index contributed by atoms with van der Waals surface area (Å²) < 4.78 is 17.9. The number of aliphatic hydroxyl groups excluding tert-OH is 1. The van der Waals surface area contributed by atoms with Gasteiger partial charge in [-0.05, 0) is 62.7 Å². The molecule has 176 valence electrons. The SMILES string of the molecule is CCCCCCC/C=C\[C@@H](C#CC#CC1OC(C)(C)O[C@H]1CO)O[Si](C)(C)C(C)(C)C. The monoisotopic (exact) mass is 448 g/mol. The summed E-state index contributed by atoms with van der Waals surface area (Å²) >= 11 is 0. The maximum Gasteiger partial charge on any atom is 0.194 e. The number of aliphatic hydroxyl groups is 1. The van der Waals surface area contributed by atoms with Gasteiger partial charge in [0.25, 0.3) is 0 Å². The zero-order valence-electron chi connectivity index (χ0n) is 21.0. The first-order valence-corrected chi connectivity index (χ1v) is 14.6. The lowest BCUT2D eigenvalue weighted by Gasteiger charge is -2.37. The molecule has 1 saturated heterocycles. The Morgan fingerprint density at radius 1 is 1.10 bits per heavy atom. The fourth-order valence-corrected chi connectivity index (χ4v) is 4.13. The van der Waals surface area contributed by atoms with Crippen LogP contribution >= 0.6 is 0 Å². The molecule has 5 heteroatoms. The summed E-state index contributed by atoms with van der Waals surface area (Å²) in [6.45, 7) is 16.9. The molecule has 0 aliphatic carbocycles. The van der Waals surface area contributed by atoms with Crippen molar-refractivity contribution in [1.82, 2.24) is 0 Å². The Kier molecular flexibility index (Phi) is 11.6. The van der Waals surface area contributed by atoms with E-state index in [1.54, 1.807) is 0 Å². The highest BCUT2D eigenvalue weighted by Gasteiger charge is 2.40. The number of rotatable bonds is 10. The molecule has 1 N–H and O–H groups in total. The Labute approximate surface area is 192 Å². The quantitative estimate of drug-likeness (QED) is 0.198. The van der Waals surface area contributed by atoms with Crippen LogP contribution in [0.5, 0.6) is 0 Å². The maximum atomic E-state index is 9.47. The van der Waals surface area contributed by atoms with Gasteiger partial charge in [0.05, 0.1) is 6.61 Å². The van der Waals surface area contributed by atoms with Gasteiger partial charge in [-0.25, -0.2) is 0 Å². The molecular formula is C26H44O4Si. The molecule has 31 heavy (non-hydrogen) atoms. The van der Waals surface area contributed by atoms with Crippen LogP contribution in [0.3, 0.4) is 0 Å². The van der Waals surface area contributed by atoms with E-state index in [0.29, 0.717) is 0 Å². The number of allylic oxidation sites excluding steroid dienone is 1. The summed E-state index contributed by atoms with van der Waals surface area (Å²) in [4.78, 5) is 0. The van der Waals surface area contributed by atoms with Gasteiger partial charge >= 0.3 is 0 Å². The average molecular weight is 449 g/mol. The molecule has 0 radical (unpaired) electrons. The summed E-state index contributed by atoms with van der Waals surface area (Å²) in [6, 6.07) is 0. The summed E-state index contributed by atoms with van der Waals surface area (Å²) in [5.74, 6) is 11.2. The van der Waals surface area contributed by atoms with E-state index in [1.807, 2.05) is 13.8 Å². The van der Waals surface area contributed by atoms with Gasteiger partial charge in [0.2, 0.25) is 0 Å². The third kappa shape index (κ3) is 10.4. The van der Waals surface area contributed by atoms with Gasteiger partial charge in [-0.2, -0.15) is 0 Å². The Hall–Kier alpha value is -1.08. The van der Waals surface area contributed by atoms with E-state index in [1.165, 1.54) is 32.1 Å². The predicted molar refractivity (Wildman–Crippen MR) is 131 cm³/mol. The molecule has 1 aliphatic rings. The molecule has 1 rings (SSSR count). The lowest BCUT2D eigenvalue weighted by Crippen LogP contribution is -2.43. The van der Waals surface area contributed by atoms with Gasteiger partial charge < -0.3 is 19.0 Å². The van der Waals surface area contributed by atoms with Crippen molar-refractivity contribution >= 4 is 8.32 Å². The van der Waals surface area contributed by atoms with Gasteiger partial charge in [-0.3, -0.25) is 0 Å². The molecule has 0 bridgehead atoms. The second-order valence-electron chi connectivity index (χ2n) is 10.2. The minimum Gasteiger partial charge on any atom is -0.400 e. The van der Waals surface area contributed by atoms with Crippen LogP contribution in [0.1, 0.15) is 80.1 Å². The van der Waals surface area contributed by atoms with E-state index in [0.717, 1.165) is 6.42 Å². The first-order valence-electron chi connectivity index (χ1n) is 11.7. The second kappa shape index (κ2) is 12.8. The van der Waals surface area contributed by atoms with E-state index in [2.05, 4.69) is 76.6 Å². The van der Waals surface area contributed by atoms with Crippen LogP contribution in [0.25, 0.3) is 0 Å². The summed E-state index contributed by atoms with van der Waals surface area (Å²) in [5, 5.41) is 9.59. The largest absolute Gasteiger partial charge is 0.400 e. The van der Waals surface area contributed by atoms with E-state index >= 15 is 0 Å². The van der Waals surface area contributed by atoms with Crippen LogP contribution in [-0.4, -0.2) is 44.1 Å². The van der Waals surface area contributed by atoms with Crippen molar-refractivity contribution in [2.45, 2.75) is 122 Å². The molecule has 0 saturated carbocycles. The van der Waals surface area contributed by atoms with Crippen molar-refractivity contribution in [2.75, 3.05) is 6.61 Å². The van der Waals surface area contributed by atoms with Crippen LogP contribution in [0, 0.1) is 23.7 Å². The number of hydrogen-bond donors (Lipinski definition) is 1. The third-order valence-corrected chi connectivity index (χ3v) is 10.3. The fraction of sp³-hybridized carbons (Fsp3) is 0.769. The molecular weight excluding hydrogens is 404 g/mol. The lowest BCUT2D eigenvalue weighted by molar-refractivity contribution is -0.145. The van der Waals surface area contributed by atoms with Gasteiger partial charge in [0.1, 0.15) is 12.2 Å². The highest BCUT2D eigenvalue weighted by molar-refractivity contribution is 6.74. The maximum absolute atomic E-state index is 9.47. The molecule has 0 spiro atoms. The van der Waals surface area contributed by atoms with E-state index < -0.39 is 26.3 Å². The first kappa shape index (κ1) is 28.0. The molecule has 0 aromatic heterocycles. The minimum absolute atomic E-state index is 0.113. The third-order valence-electron chi connectivity index (χ3n) is 5.87. The first-order chi connectivity index (χ1) is 14.4. The van der Waals surface area contributed by atoms with Crippen molar-refractivity contribution in [3.05, 3.63) is 12.2 Å². The number of ether oxygens (including phenoxy) is 2. The van der Waals surface area contributed by atoms with Crippen molar-refractivity contribution in [1.29, 1.82) is 0 Å². The molecule has 1 aliphatic heterocycles. The van der Waals surface area contributed by atoms with Gasteiger partial charge in [-0.1, -0.05) is 71.3 Å². The van der Waals surface area contributed by atoms with Gasteiger partial charge in [0, 0.05) is 0 Å². The number of hydrogen-bond acceptors (Lipinski definition) is 4. The van der Waals surface area contributed by atoms with E-state index in [4.69, 9.17) is 13.9 Å². The highest BCUT2D eigenvalue weighted by atomic mass is 28.4. The van der Waals surface area contributed by atoms with Crippen molar-refractivity contribution in [3.63, 3.8) is 0 Å². The van der Waals surface area contributed by atoms with Crippen LogP contribution < -0.4 is 0 Å². The van der Waals surface area contributed by atoms with Crippen molar-refractivity contribution in [3.8, 4) is 23.7 Å². The zero-order chi connectivity index (χ0) is 23.5. The summed E-state index contributed by atoms with van der Waals surface area (Å²) in [7, 11) is -1.96. The van der Waals surface area contributed by atoms with Gasteiger partial charge in [0.15, 0.2) is 20.2 Å². The topological polar surface area (TPSA) is 47.9 Å². The van der Waals surface area contributed by atoms with Crippen molar-refractivity contribution < 1.29 is 19.0 Å². The zero-order valence-corrected chi connectivity index (χ0v) is 22.0. The molecule has 0 amide bonds. The smallest absolute Gasteiger partial charge is 0.194 e. The molecule has 0 aromatic rings. The lowest BCUT2D eigenvalue weighted by atomic mass is 10.1. The van der Waals surface area contributed by atoms with Crippen LogP contribution in [0.15, 0.2) is 12.2 Å². The van der Waals surface area contributed by atoms with Crippen LogP contribution in [0.4, 0.5) is 0 Å². The average Bonchev–Trinajstić information content (AvgIpc) is 2.96. The van der Waals surface area contributed by atoms with E-state index in [-0.39, 0.29) is 17.7 Å². The number of unbranched alkanes of at least 4 members (excludes halogenated alkanes) is 5. The Balaban J connectivity index is 2.82. The molecule has 3 atom stereocenters. The van der Waals surface area contributed by atoms with Crippen LogP contribution in [0.2, 0.25) is 18.1 Å². The summed E-state index contributed by atoms with van der Waals surface area (Å²) in [5.41, 5.74) is 0. The molecule has 4 nitrogen and oxygen atoms in total. The molecule has 1 heterocycles. The Morgan fingerprint density at radius 2 is 1.77 bits per heavy atom. The molecule has 0 aromatic carbocycles. The standard InChI is InChI=1S/C26H44O4Si/c1-9-10-11-12-13-14-15-18-22(30-31(7,8)25(2,3)4)19-16-17-20-23-24(21-27)29-26(5,6)28-23/h15,18,22-24,27H,9-14,21H2,1-8H3/b18-15-/t22-,23?,24-/m0/s1. The second-order valence-corrected chi connectivity index (χ2v) is 15.0.